The molecule has 1 N–H and O–H groups in total. The van der Waals surface area contributed by atoms with Crippen LogP contribution in [-0.2, 0) is 6.42 Å². The van der Waals surface area contributed by atoms with Gasteiger partial charge in [0.05, 0.1) is 10.7 Å². The number of aromatic nitrogens is 1. The number of carbonyl (C=O) groups is 1. The van der Waals surface area contributed by atoms with Crippen molar-refractivity contribution >= 4 is 17.3 Å². The second-order valence-electron chi connectivity index (χ2n) is 5.13. The van der Waals surface area contributed by atoms with Gasteiger partial charge in [0.25, 0.3) is 0 Å². The minimum absolute atomic E-state index is 0.386. The predicted octanol–water partition coefficient (Wildman–Crippen LogP) is 2.42. The van der Waals surface area contributed by atoms with Gasteiger partial charge in [-0.2, -0.15) is 0 Å². The van der Waals surface area contributed by atoms with Crippen LogP contribution < -0.4 is 0 Å². The summed E-state index contributed by atoms with van der Waals surface area (Å²) in [6.45, 7) is 7.39. The molecule has 1 aliphatic rings. The average molecular weight is 268 g/mol. The second-order valence-corrected chi connectivity index (χ2v) is 6.21. The van der Waals surface area contributed by atoms with Crippen LogP contribution in [0.25, 0.3) is 0 Å². The van der Waals surface area contributed by atoms with Crippen molar-refractivity contribution in [1.29, 1.82) is 0 Å². The summed E-state index contributed by atoms with van der Waals surface area (Å²) in [5.41, 5.74) is 0.648. The molecule has 0 radical (unpaired) electrons. The molecule has 2 heterocycles. The lowest BCUT2D eigenvalue weighted by Gasteiger charge is -2.30. The lowest BCUT2D eigenvalue weighted by molar-refractivity contribution is 0.0701. The predicted molar refractivity (Wildman–Crippen MR) is 72.4 cm³/mol. The number of hydrogen-bond acceptors (Lipinski definition) is 4. The highest BCUT2D eigenvalue weighted by Gasteiger charge is 2.18. The van der Waals surface area contributed by atoms with Crippen molar-refractivity contribution in [2.24, 2.45) is 5.92 Å². The first-order valence-electron chi connectivity index (χ1n) is 6.48. The van der Waals surface area contributed by atoms with E-state index in [1.165, 1.54) is 30.7 Å². The van der Waals surface area contributed by atoms with Gasteiger partial charge in [-0.1, -0.05) is 6.92 Å². The molecule has 100 valence electrons. The number of carboxylic acid groups (broad SMARTS) is 1. The maximum absolute atomic E-state index is 10.9. The molecule has 1 aromatic heterocycles. The third-order valence-corrected chi connectivity index (χ3v) is 4.62. The maximum Gasteiger partial charge on any atom is 0.347 e. The first kappa shape index (κ1) is 13.5. The van der Waals surface area contributed by atoms with Gasteiger partial charge in [-0.05, 0) is 32.2 Å². The highest BCUT2D eigenvalue weighted by molar-refractivity contribution is 7.13. The van der Waals surface area contributed by atoms with Crippen LogP contribution in [0.5, 0.6) is 0 Å². The number of likely N-dealkylation sites (tertiary alicyclic amines) is 1. The largest absolute Gasteiger partial charge is 0.477 e. The van der Waals surface area contributed by atoms with E-state index < -0.39 is 5.97 Å². The Morgan fingerprint density at radius 1 is 1.61 bits per heavy atom. The van der Waals surface area contributed by atoms with E-state index in [-0.39, 0.29) is 0 Å². The van der Waals surface area contributed by atoms with Gasteiger partial charge < -0.3 is 10.0 Å². The zero-order valence-corrected chi connectivity index (χ0v) is 11.8. The van der Waals surface area contributed by atoms with E-state index in [0.29, 0.717) is 10.6 Å². The molecular weight excluding hydrogens is 248 g/mol. The summed E-state index contributed by atoms with van der Waals surface area (Å²) in [5.74, 6) is -0.0748. The number of carboxylic acids is 1. The monoisotopic (exact) mass is 268 g/mol. The molecule has 0 saturated carbocycles. The summed E-state index contributed by atoms with van der Waals surface area (Å²) in [6.07, 6.45) is 3.47. The number of aromatic carboxylic acids is 1. The van der Waals surface area contributed by atoms with Crippen molar-refractivity contribution in [1.82, 2.24) is 9.88 Å². The molecule has 0 spiro atoms. The number of rotatable bonds is 4. The Hall–Kier alpha value is -0.940. The van der Waals surface area contributed by atoms with E-state index in [2.05, 4.69) is 16.8 Å². The molecule has 1 aliphatic heterocycles. The molecule has 1 aromatic rings. The SMILES string of the molecule is Cc1nc(CCN2CCCC(C)C2)sc1C(=O)O. The Balaban J connectivity index is 1.90. The van der Waals surface area contributed by atoms with Crippen molar-refractivity contribution < 1.29 is 9.90 Å². The van der Waals surface area contributed by atoms with Crippen molar-refractivity contribution in [3.05, 3.63) is 15.6 Å². The first-order chi connectivity index (χ1) is 8.56. The molecule has 2 rings (SSSR count). The van der Waals surface area contributed by atoms with Gasteiger partial charge in [-0.3, -0.25) is 0 Å². The summed E-state index contributed by atoms with van der Waals surface area (Å²) in [5, 5.41) is 9.94. The molecule has 1 atom stereocenters. The van der Waals surface area contributed by atoms with Gasteiger partial charge in [-0.15, -0.1) is 11.3 Å². The fourth-order valence-electron chi connectivity index (χ4n) is 2.50. The fraction of sp³-hybridized carbons (Fsp3) is 0.692. The molecule has 18 heavy (non-hydrogen) atoms. The molecule has 0 amide bonds. The minimum atomic E-state index is -0.858. The molecule has 0 bridgehead atoms. The normalized spacial score (nSPS) is 21.1. The third-order valence-electron chi connectivity index (χ3n) is 3.42. The van der Waals surface area contributed by atoms with Crippen LogP contribution in [0.15, 0.2) is 0 Å². The summed E-state index contributed by atoms with van der Waals surface area (Å²) in [4.78, 5) is 18.1. The summed E-state index contributed by atoms with van der Waals surface area (Å²) >= 11 is 1.32. The zero-order valence-electron chi connectivity index (χ0n) is 11.0. The Morgan fingerprint density at radius 3 is 3.00 bits per heavy atom. The van der Waals surface area contributed by atoms with Gasteiger partial charge in [-0.25, -0.2) is 9.78 Å². The van der Waals surface area contributed by atoms with Crippen LogP contribution in [0, 0.1) is 12.8 Å². The van der Waals surface area contributed by atoms with E-state index in [0.717, 1.165) is 30.4 Å². The second kappa shape index (κ2) is 5.80. The average Bonchev–Trinajstić information content (AvgIpc) is 2.68. The molecule has 1 saturated heterocycles. The highest BCUT2D eigenvalue weighted by atomic mass is 32.1. The van der Waals surface area contributed by atoms with Crippen LogP contribution in [0.2, 0.25) is 0 Å². The van der Waals surface area contributed by atoms with Crippen LogP contribution in [0.4, 0.5) is 0 Å². The van der Waals surface area contributed by atoms with Gasteiger partial charge in [0, 0.05) is 19.5 Å². The van der Waals surface area contributed by atoms with Gasteiger partial charge >= 0.3 is 5.97 Å². The number of thiazole rings is 1. The topological polar surface area (TPSA) is 53.4 Å². The summed E-state index contributed by atoms with van der Waals surface area (Å²) in [6, 6.07) is 0. The molecule has 1 fully saturated rings. The molecule has 0 aromatic carbocycles. The summed E-state index contributed by atoms with van der Waals surface area (Å²) < 4.78 is 0. The molecule has 1 unspecified atom stereocenters. The van der Waals surface area contributed by atoms with Crippen LogP contribution in [0.3, 0.4) is 0 Å². The lowest BCUT2D eigenvalue weighted by atomic mass is 10.0. The highest BCUT2D eigenvalue weighted by Crippen LogP contribution is 2.20. The quantitative estimate of drug-likeness (QED) is 0.911. The van der Waals surface area contributed by atoms with E-state index in [1.807, 2.05) is 0 Å². The van der Waals surface area contributed by atoms with Crippen LogP contribution >= 0.6 is 11.3 Å². The van der Waals surface area contributed by atoms with Crippen molar-refractivity contribution in [3.8, 4) is 0 Å². The number of nitrogens with zero attached hydrogens (tertiary/aromatic N) is 2. The zero-order chi connectivity index (χ0) is 13.1. The molecule has 5 heteroatoms. The van der Waals surface area contributed by atoms with Gasteiger partial charge in [0.1, 0.15) is 4.88 Å². The smallest absolute Gasteiger partial charge is 0.347 e. The fourth-order valence-corrected chi connectivity index (χ4v) is 3.39. The summed E-state index contributed by atoms with van der Waals surface area (Å²) in [7, 11) is 0. The molecule has 4 nitrogen and oxygen atoms in total. The number of hydrogen-bond donors (Lipinski definition) is 1. The third kappa shape index (κ3) is 3.29. The van der Waals surface area contributed by atoms with Crippen LogP contribution in [-0.4, -0.2) is 40.6 Å². The minimum Gasteiger partial charge on any atom is -0.477 e. The maximum atomic E-state index is 10.9. The van der Waals surface area contributed by atoms with E-state index >= 15 is 0 Å². The Labute approximate surface area is 112 Å². The standard InChI is InChI=1S/C13H20N2O2S/c1-9-4-3-6-15(8-9)7-5-11-14-10(2)12(18-11)13(16)17/h9H,3-8H2,1-2H3,(H,16,17). The molecular formula is C13H20N2O2S. The van der Waals surface area contributed by atoms with E-state index in [4.69, 9.17) is 5.11 Å². The van der Waals surface area contributed by atoms with Crippen LogP contribution in [0.1, 0.15) is 40.1 Å². The van der Waals surface area contributed by atoms with Crippen molar-refractivity contribution in [2.45, 2.75) is 33.1 Å². The first-order valence-corrected chi connectivity index (χ1v) is 7.30. The van der Waals surface area contributed by atoms with E-state index in [9.17, 15) is 4.79 Å². The van der Waals surface area contributed by atoms with Gasteiger partial charge in [0.15, 0.2) is 0 Å². The number of piperidine rings is 1. The lowest BCUT2D eigenvalue weighted by Crippen LogP contribution is -2.35. The van der Waals surface area contributed by atoms with Crippen molar-refractivity contribution in [2.75, 3.05) is 19.6 Å². The van der Waals surface area contributed by atoms with Crippen molar-refractivity contribution in [3.63, 3.8) is 0 Å². The van der Waals surface area contributed by atoms with E-state index in [1.54, 1.807) is 6.92 Å². The number of aryl methyl sites for hydroxylation is 1. The van der Waals surface area contributed by atoms with Gasteiger partial charge in [0.2, 0.25) is 0 Å². The molecule has 0 aliphatic carbocycles. The Bertz CT molecular complexity index is 431. The Morgan fingerprint density at radius 2 is 2.39 bits per heavy atom. The Kier molecular flexibility index (Phi) is 4.35.